The van der Waals surface area contributed by atoms with Crippen LogP contribution >= 0.6 is 22.9 Å². The molecule has 0 unspecified atom stereocenters. The van der Waals surface area contributed by atoms with Gasteiger partial charge < -0.3 is 14.3 Å². The Labute approximate surface area is 182 Å². The van der Waals surface area contributed by atoms with Crippen LogP contribution in [0.2, 0.25) is 5.02 Å². The molecule has 0 spiro atoms. The van der Waals surface area contributed by atoms with Crippen LogP contribution < -0.4 is 0 Å². The summed E-state index contributed by atoms with van der Waals surface area (Å²) in [6, 6.07) is 11.2. The van der Waals surface area contributed by atoms with Crippen molar-refractivity contribution in [2.45, 2.75) is 32.1 Å². The van der Waals surface area contributed by atoms with Crippen LogP contribution in [-0.4, -0.2) is 49.9 Å². The molecule has 156 valence electrons. The molecule has 5 rings (SSSR count). The van der Waals surface area contributed by atoms with Crippen LogP contribution in [0.5, 0.6) is 5.88 Å². The van der Waals surface area contributed by atoms with Gasteiger partial charge >= 0.3 is 0 Å². The van der Waals surface area contributed by atoms with Gasteiger partial charge in [0.2, 0.25) is 16.7 Å². The van der Waals surface area contributed by atoms with E-state index in [0.717, 1.165) is 23.5 Å². The lowest BCUT2D eigenvalue weighted by molar-refractivity contribution is -0.0764. The number of hydrogen-bond donors (Lipinski definition) is 1. The fraction of sp³-hybridized carbons (Fsp3) is 0.333. The van der Waals surface area contributed by atoms with E-state index < -0.39 is 0 Å². The minimum Gasteiger partial charge on any atom is -0.492 e. The minimum absolute atomic E-state index is 0.0899. The summed E-state index contributed by atoms with van der Waals surface area (Å²) < 4.78 is 12.8. The highest BCUT2D eigenvalue weighted by Gasteiger charge is 2.34. The van der Waals surface area contributed by atoms with Gasteiger partial charge in [0.25, 0.3) is 0 Å². The number of ether oxygens (including phenoxy) is 1. The number of nitrogens with zero attached hydrogens (tertiary/aromatic N) is 4. The van der Waals surface area contributed by atoms with Crippen molar-refractivity contribution < 1.29 is 14.3 Å². The summed E-state index contributed by atoms with van der Waals surface area (Å²) in [6.07, 6.45) is 1.77. The number of thiazole rings is 1. The number of aromatic nitrogens is 3. The van der Waals surface area contributed by atoms with Crippen molar-refractivity contribution in [2.24, 2.45) is 0 Å². The third-order valence-electron chi connectivity index (χ3n) is 5.19. The van der Waals surface area contributed by atoms with Gasteiger partial charge in [-0.25, -0.2) is 0 Å². The maximum Gasteiger partial charge on any atom is 0.230 e. The number of rotatable bonds is 4. The fourth-order valence-corrected chi connectivity index (χ4v) is 5.28. The normalized spacial score (nSPS) is 21.3. The van der Waals surface area contributed by atoms with Gasteiger partial charge in [0, 0.05) is 18.1 Å². The van der Waals surface area contributed by atoms with Crippen molar-refractivity contribution in [1.29, 1.82) is 0 Å². The summed E-state index contributed by atoms with van der Waals surface area (Å²) in [5.74, 6) is 1.11. The lowest BCUT2D eigenvalue weighted by Crippen LogP contribution is -2.47. The fourth-order valence-electron chi connectivity index (χ4n) is 4.04. The zero-order valence-electron chi connectivity index (χ0n) is 16.5. The van der Waals surface area contributed by atoms with Crippen molar-refractivity contribution in [3.8, 4) is 17.5 Å². The number of fused-ring (bicyclic) bond motifs is 1. The molecule has 0 aliphatic carbocycles. The van der Waals surface area contributed by atoms with E-state index in [1.807, 2.05) is 24.3 Å². The van der Waals surface area contributed by atoms with E-state index in [4.69, 9.17) is 20.8 Å². The van der Waals surface area contributed by atoms with E-state index >= 15 is 0 Å². The van der Waals surface area contributed by atoms with Crippen molar-refractivity contribution in [1.82, 2.24) is 19.5 Å². The van der Waals surface area contributed by atoms with E-state index in [1.165, 1.54) is 15.9 Å². The van der Waals surface area contributed by atoms with Crippen LogP contribution in [0.4, 0.5) is 0 Å². The first-order chi connectivity index (χ1) is 14.5. The highest BCUT2D eigenvalue weighted by Crippen LogP contribution is 2.41. The highest BCUT2D eigenvalue weighted by atomic mass is 35.5. The SMILES string of the molecule is C[C@@H]1CN([C@H](c2ccc(Cl)cc2)c2sc3nc(-c4ccco4)nn3c2O)C[C@H](C)O1. The zero-order chi connectivity index (χ0) is 20.8. The Bertz CT molecular complexity index is 1150. The molecule has 1 N–H and O–H groups in total. The molecule has 0 radical (unpaired) electrons. The van der Waals surface area contributed by atoms with Crippen LogP contribution in [0.3, 0.4) is 0 Å². The maximum absolute atomic E-state index is 11.1. The first-order valence-electron chi connectivity index (χ1n) is 9.77. The second-order valence-corrected chi connectivity index (χ2v) is 9.01. The Balaban J connectivity index is 1.60. The molecule has 1 fully saturated rings. The van der Waals surface area contributed by atoms with Crippen LogP contribution in [-0.2, 0) is 4.74 Å². The van der Waals surface area contributed by atoms with Crippen molar-refractivity contribution in [3.05, 3.63) is 58.1 Å². The Morgan fingerprint density at radius 2 is 1.90 bits per heavy atom. The third kappa shape index (κ3) is 3.50. The molecule has 1 aromatic carbocycles. The van der Waals surface area contributed by atoms with E-state index in [-0.39, 0.29) is 24.1 Å². The molecule has 4 aromatic rings. The first kappa shape index (κ1) is 19.6. The maximum atomic E-state index is 11.1. The molecule has 1 aliphatic heterocycles. The van der Waals surface area contributed by atoms with Gasteiger partial charge in [0.1, 0.15) is 0 Å². The number of morpholine rings is 1. The Morgan fingerprint density at radius 3 is 2.53 bits per heavy atom. The Kier molecular flexibility index (Phi) is 5.02. The van der Waals surface area contributed by atoms with Crippen molar-refractivity contribution in [3.63, 3.8) is 0 Å². The largest absolute Gasteiger partial charge is 0.492 e. The number of hydrogen-bond acceptors (Lipinski definition) is 7. The van der Waals surface area contributed by atoms with Gasteiger partial charge in [-0.2, -0.15) is 9.50 Å². The molecule has 9 heteroatoms. The molecular formula is C21H21ClN4O3S. The summed E-state index contributed by atoms with van der Waals surface area (Å²) in [4.78, 5) is 8.29. The van der Waals surface area contributed by atoms with Gasteiger partial charge in [0.15, 0.2) is 5.76 Å². The van der Waals surface area contributed by atoms with Gasteiger partial charge in [-0.15, -0.1) is 5.10 Å². The van der Waals surface area contributed by atoms with E-state index in [0.29, 0.717) is 21.6 Å². The zero-order valence-corrected chi connectivity index (χ0v) is 18.1. The molecule has 3 atom stereocenters. The van der Waals surface area contributed by atoms with Gasteiger partial charge in [-0.3, -0.25) is 4.90 Å². The minimum atomic E-state index is -0.156. The lowest BCUT2D eigenvalue weighted by Gasteiger charge is -2.40. The quantitative estimate of drug-likeness (QED) is 0.495. The lowest BCUT2D eigenvalue weighted by atomic mass is 10.0. The summed E-state index contributed by atoms with van der Waals surface area (Å²) >= 11 is 7.55. The number of benzene rings is 1. The first-order valence-corrected chi connectivity index (χ1v) is 11.0. The molecule has 1 saturated heterocycles. The van der Waals surface area contributed by atoms with Gasteiger partial charge in [-0.05, 0) is 43.7 Å². The predicted molar refractivity (Wildman–Crippen MR) is 115 cm³/mol. The molecule has 30 heavy (non-hydrogen) atoms. The van der Waals surface area contributed by atoms with Crippen LogP contribution in [0.25, 0.3) is 16.5 Å². The average molecular weight is 445 g/mol. The molecule has 7 nitrogen and oxygen atoms in total. The van der Waals surface area contributed by atoms with Crippen LogP contribution in [0.1, 0.15) is 30.3 Å². The molecule has 3 aromatic heterocycles. The number of aromatic hydroxyl groups is 1. The van der Waals surface area contributed by atoms with Gasteiger partial charge in [0.05, 0.1) is 29.4 Å². The van der Waals surface area contributed by atoms with Crippen LogP contribution in [0, 0.1) is 0 Å². The molecule has 0 bridgehead atoms. The van der Waals surface area contributed by atoms with Crippen molar-refractivity contribution >= 4 is 27.9 Å². The second-order valence-electron chi connectivity index (χ2n) is 7.56. The highest BCUT2D eigenvalue weighted by molar-refractivity contribution is 7.17. The molecule has 0 saturated carbocycles. The molecular weight excluding hydrogens is 424 g/mol. The summed E-state index contributed by atoms with van der Waals surface area (Å²) in [7, 11) is 0. The second kappa shape index (κ2) is 7.70. The van der Waals surface area contributed by atoms with E-state index in [9.17, 15) is 5.11 Å². The van der Waals surface area contributed by atoms with E-state index in [2.05, 4.69) is 28.8 Å². The molecule has 4 heterocycles. The standard InChI is InChI=1S/C21H21ClN4O3S/c1-12-10-25(11-13(2)29-12)17(14-5-7-15(22)8-6-14)18-20(27)26-21(30-18)23-19(24-26)16-4-3-9-28-16/h3-9,12-13,17,27H,10-11H2,1-2H3/t12-,13+,17-/m1/s1. The summed E-state index contributed by atoms with van der Waals surface area (Å²) in [5.41, 5.74) is 1.05. The number of furan rings is 1. The van der Waals surface area contributed by atoms with E-state index in [1.54, 1.807) is 18.4 Å². The average Bonchev–Trinajstić information content (AvgIpc) is 3.42. The smallest absolute Gasteiger partial charge is 0.230 e. The Hall–Kier alpha value is -2.39. The molecule has 1 aliphatic rings. The van der Waals surface area contributed by atoms with Crippen LogP contribution in [0.15, 0.2) is 47.1 Å². The monoisotopic (exact) mass is 444 g/mol. The van der Waals surface area contributed by atoms with Crippen molar-refractivity contribution in [2.75, 3.05) is 13.1 Å². The summed E-state index contributed by atoms with van der Waals surface area (Å²) in [6.45, 7) is 5.64. The molecule has 0 amide bonds. The summed E-state index contributed by atoms with van der Waals surface area (Å²) in [5, 5.41) is 16.2. The predicted octanol–water partition coefficient (Wildman–Crippen LogP) is 4.61. The number of halogens is 1. The topological polar surface area (TPSA) is 76.0 Å². The van der Waals surface area contributed by atoms with Gasteiger partial charge in [-0.1, -0.05) is 35.1 Å². The third-order valence-corrected chi connectivity index (χ3v) is 6.51. The Morgan fingerprint density at radius 1 is 1.17 bits per heavy atom.